The Hall–Kier alpha value is -2.47. The molecule has 0 aliphatic heterocycles. The molecule has 96 valence electrons. The summed E-state index contributed by atoms with van der Waals surface area (Å²) in [5.41, 5.74) is 0.229. The second-order valence-electron chi connectivity index (χ2n) is 3.55. The van der Waals surface area contributed by atoms with Gasteiger partial charge in [0.05, 0.1) is 34.2 Å². The van der Waals surface area contributed by atoms with E-state index in [1.165, 1.54) is 36.7 Å². The highest BCUT2D eigenvalue weighted by atomic mass is 35.5. The number of para-hydroxylation sites is 1. The first-order valence-electron chi connectivity index (χ1n) is 5.19. The molecular weight excluding hydrogens is 270 g/mol. The first-order valence-corrected chi connectivity index (χ1v) is 5.57. The van der Waals surface area contributed by atoms with Crippen LogP contribution in [0.15, 0.2) is 36.7 Å². The molecule has 0 saturated carbocycles. The predicted octanol–water partition coefficient (Wildman–Crippen LogP) is 2.08. The van der Waals surface area contributed by atoms with Crippen LogP contribution in [0.2, 0.25) is 5.02 Å². The van der Waals surface area contributed by atoms with Crippen LogP contribution in [0.4, 0.5) is 5.69 Å². The number of hydrogen-bond donors (Lipinski definition) is 2. The van der Waals surface area contributed by atoms with Gasteiger partial charge in [-0.15, -0.1) is 0 Å². The first-order chi connectivity index (χ1) is 9.09. The largest absolute Gasteiger partial charge is 0.478 e. The van der Waals surface area contributed by atoms with Crippen LogP contribution in [0.25, 0.3) is 0 Å². The van der Waals surface area contributed by atoms with E-state index in [0.717, 1.165) is 0 Å². The van der Waals surface area contributed by atoms with E-state index in [0.29, 0.717) is 0 Å². The van der Waals surface area contributed by atoms with Gasteiger partial charge in [0.25, 0.3) is 5.91 Å². The SMILES string of the molecule is O=C(Nc1c(Cl)cccc1C(=O)O)c1ccnnc1. The third-order valence-electron chi connectivity index (χ3n) is 2.33. The Morgan fingerprint density at radius 3 is 2.63 bits per heavy atom. The maximum Gasteiger partial charge on any atom is 0.337 e. The molecule has 6 nitrogen and oxygen atoms in total. The van der Waals surface area contributed by atoms with Crippen molar-refractivity contribution in [3.8, 4) is 0 Å². The number of carbonyl (C=O) groups excluding carboxylic acids is 1. The van der Waals surface area contributed by atoms with Crippen molar-refractivity contribution in [1.82, 2.24) is 10.2 Å². The summed E-state index contributed by atoms with van der Waals surface area (Å²) in [5, 5.41) is 18.8. The molecule has 2 rings (SSSR count). The molecule has 0 aliphatic rings. The summed E-state index contributed by atoms with van der Waals surface area (Å²) in [7, 11) is 0. The Labute approximate surface area is 113 Å². The van der Waals surface area contributed by atoms with Gasteiger partial charge in [0.15, 0.2) is 0 Å². The monoisotopic (exact) mass is 277 g/mol. The number of hydrogen-bond acceptors (Lipinski definition) is 4. The standard InChI is InChI=1S/C12H8ClN3O3/c13-9-3-1-2-8(12(18)19)10(9)16-11(17)7-4-5-14-15-6-7/h1-6H,(H,16,17)(H,18,19). The number of carboxylic acids is 1. The molecule has 1 aromatic heterocycles. The molecule has 1 amide bonds. The van der Waals surface area contributed by atoms with Crippen LogP contribution in [0.5, 0.6) is 0 Å². The fourth-order valence-electron chi connectivity index (χ4n) is 1.44. The topological polar surface area (TPSA) is 92.2 Å². The van der Waals surface area contributed by atoms with Gasteiger partial charge in [0.1, 0.15) is 0 Å². The Kier molecular flexibility index (Phi) is 3.72. The van der Waals surface area contributed by atoms with Gasteiger partial charge < -0.3 is 10.4 Å². The highest BCUT2D eigenvalue weighted by Crippen LogP contribution is 2.26. The summed E-state index contributed by atoms with van der Waals surface area (Å²) in [5.74, 6) is -1.68. The van der Waals surface area contributed by atoms with Gasteiger partial charge in [0.2, 0.25) is 0 Å². The number of nitrogens with zero attached hydrogens (tertiary/aromatic N) is 2. The lowest BCUT2D eigenvalue weighted by molar-refractivity contribution is 0.0698. The summed E-state index contributed by atoms with van der Waals surface area (Å²) in [6.07, 6.45) is 2.63. The van der Waals surface area contributed by atoms with Crippen molar-refractivity contribution >= 4 is 29.2 Å². The fraction of sp³-hybridized carbons (Fsp3) is 0. The lowest BCUT2D eigenvalue weighted by atomic mass is 10.1. The average Bonchev–Trinajstić information content (AvgIpc) is 2.41. The van der Waals surface area contributed by atoms with Crippen LogP contribution < -0.4 is 5.32 Å². The maximum atomic E-state index is 11.9. The molecular formula is C12H8ClN3O3. The predicted molar refractivity (Wildman–Crippen MR) is 68.4 cm³/mol. The van der Waals surface area contributed by atoms with Gasteiger partial charge in [-0.1, -0.05) is 17.7 Å². The third-order valence-corrected chi connectivity index (χ3v) is 2.64. The Bertz CT molecular complexity index is 631. The van der Waals surface area contributed by atoms with Crippen molar-refractivity contribution < 1.29 is 14.7 Å². The number of rotatable bonds is 3. The van der Waals surface area contributed by atoms with Gasteiger partial charge in [0, 0.05) is 0 Å². The number of benzene rings is 1. The third kappa shape index (κ3) is 2.86. The van der Waals surface area contributed by atoms with Gasteiger partial charge in [-0.25, -0.2) is 4.79 Å². The van der Waals surface area contributed by atoms with Gasteiger partial charge in [-0.2, -0.15) is 10.2 Å². The van der Waals surface area contributed by atoms with E-state index in [2.05, 4.69) is 15.5 Å². The first kappa shape index (κ1) is 13.0. The van der Waals surface area contributed by atoms with Crippen LogP contribution in [0.1, 0.15) is 20.7 Å². The van der Waals surface area contributed by atoms with Gasteiger partial charge in [-0.05, 0) is 18.2 Å². The molecule has 1 aromatic carbocycles. The molecule has 7 heteroatoms. The quantitative estimate of drug-likeness (QED) is 0.896. The van der Waals surface area contributed by atoms with E-state index in [4.69, 9.17) is 16.7 Å². The van der Waals surface area contributed by atoms with E-state index in [1.54, 1.807) is 0 Å². The lowest BCUT2D eigenvalue weighted by Crippen LogP contribution is -2.15. The summed E-state index contributed by atoms with van der Waals surface area (Å²) >= 11 is 5.90. The number of halogens is 1. The van der Waals surface area contributed by atoms with E-state index >= 15 is 0 Å². The molecule has 0 atom stereocenters. The Balaban J connectivity index is 2.34. The number of amides is 1. The minimum Gasteiger partial charge on any atom is -0.478 e. The van der Waals surface area contributed by atoms with Crippen molar-refractivity contribution in [2.24, 2.45) is 0 Å². The van der Waals surface area contributed by atoms with E-state index in [-0.39, 0.29) is 21.8 Å². The molecule has 0 spiro atoms. The number of carboxylic acid groups (broad SMARTS) is 1. The van der Waals surface area contributed by atoms with Crippen LogP contribution in [-0.4, -0.2) is 27.2 Å². The number of nitrogens with one attached hydrogen (secondary N) is 1. The zero-order chi connectivity index (χ0) is 13.8. The zero-order valence-electron chi connectivity index (χ0n) is 9.50. The smallest absolute Gasteiger partial charge is 0.337 e. The van der Waals surface area contributed by atoms with Crippen molar-refractivity contribution in [3.05, 3.63) is 52.8 Å². The van der Waals surface area contributed by atoms with E-state index < -0.39 is 11.9 Å². The van der Waals surface area contributed by atoms with Crippen LogP contribution in [0.3, 0.4) is 0 Å². The van der Waals surface area contributed by atoms with Crippen molar-refractivity contribution in [2.75, 3.05) is 5.32 Å². The average molecular weight is 278 g/mol. The van der Waals surface area contributed by atoms with Gasteiger partial charge in [-0.3, -0.25) is 4.79 Å². The minimum atomic E-state index is -1.18. The maximum absolute atomic E-state index is 11.9. The summed E-state index contributed by atoms with van der Waals surface area (Å²) in [6.45, 7) is 0. The summed E-state index contributed by atoms with van der Waals surface area (Å²) in [6, 6.07) is 5.80. The van der Waals surface area contributed by atoms with E-state index in [9.17, 15) is 9.59 Å². The molecule has 0 radical (unpaired) electrons. The zero-order valence-corrected chi connectivity index (χ0v) is 10.3. The second-order valence-corrected chi connectivity index (χ2v) is 3.96. The number of aromatic nitrogens is 2. The molecule has 2 N–H and O–H groups in total. The molecule has 2 aromatic rings. The fourth-order valence-corrected chi connectivity index (χ4v) is 1.66. The number of anilines is 1. The van der Waals surface area contributed by atoms with Gasteiger partial charge >= 0.3 is 5.97 Å². The van der Waals surface area contributed by atoms with Crippen LogP contribution in [-0.2, 0) is 0 Å². The van der Waals surface area contributed by atoms with E-state index in [1.807, 2.05) is 0 Å². The molecule has 0 bridgehead atoms. The highest BCUT2D eigenvalue weighted by Gasteiger charge is 2.16. The molecule has 0 fully saturated rings. The van der Waals surface area contributed by atoms with Crippen LogP contribution in [0, 0.1) is 0 Å². The lowest BCUT2D eigenvalue weighted by Gasteiger charge is -2.09. The summed E-state index contributed by atoms with van der Waals surface area (Å²) in [4.78, 5) is 23.0. The highest BCUT2D eigenvalue weighted by molar-refractivity contribution is 6.34. The van der Waals surface area contributed by atoms with Crippen LogP contribution >= 0.6 is 11.6 Å². The normalized spacial score (nSPS) is 9.95. The molecule has 0 saturated heterocycles. The number of carbonyl (C=O) groups is 2. The van der Waals surface area contributed by atoms with Crippen molar-refractivity contribution in [3.63, 3.8) is 0 Å². The number of aromatic carboxylic acids is 1. The Morgan fingerprint density at radius 1 is 1.21 bits per heavy atom. The van der Waals surface area contributed by atoms with Crippen molar-refractivity contribution in [1.29, 1.82) is 0 Å². The van der Waals surface area contributed by atoms with Crippen molar-refractivity contribution in [2.45, 2.75) is 0 Å². The summed E-state index contributed by atoms with van der Waals surface area (Å²) < 4.78 is 0. The minimum absolute atomic E-state index is 0.0541. The second kappa shape index (κ2) is 5.45. The molecule has 19 heavy (non-hydrogen) atoms. The molecule has 1 heterocycles. The Morgan fingerprint density at radius 2 is 2.00 bits per heavy atom. The molecule has 0 aliphatic carbocycles. The molecule has 0 unspecified atom stereocenters.